The van der Waals surface area contributed by atoms with Crippen molar-refractivity contribution in [1.29, 1.82) is 0 Å². The van der Waals surface area contributed by atoms with Crippen molar-refractivity contribution in [2.45, 2.75) is 0 Å². The number of nitrogens with one attached hydrogen (secondary N) is 1. The predicted octanol–water partition coefficient (Wildman–Crippen LogP) is 1.32. The zero-order chi connectivity index (χ0) is 8.10. The van der Waals surface area contributed by atoms with Crippen molar-refractivity contribution in [3.63, 3.8) is 0 Å². The maximum absolute atomic E-state index is 10.8. The highest BCUT2D eigenvalue weighted by Gasteiger charge is 1.84. The monoisotopic (exact) mass is 167 g/mol. The van der Waals surface area contributed by atoms with Crippen LogP contribution in [0.5, 0.6) is 0 Å². The Balaban J connectivity index is 2.88. The van der Waals surface area contributed by atoms with Crippen LogP contribution in [-0.4, -0.2) is 10.7 Å². The van der Waals surface area contributed by atoms with Gasteiger partial charge in [0.2, 0.25) is 0 Å². The first-order valence-electron chi connectivity index (χ1n) is 3.29. The van der Waals surface area contributed by atoms with E-state index >= 15 is 0 Å². The molecule has 1 aromatic heterocycles. The van der Waals surface area contributed by atoms with Crippen molar-refractivity contribution in [3.8, 4) is 0 Å². The third-order valence-electron chi connectivity index (χ3n) is 1.20. The van der Waals surface area contributed by atoms with Crippen LogP contribution in [0.2, 0.25) is 0 Å². The normalized spacial score (nSPS) is 10.6. The fraction of sp³-hybridized carbons (Fsp3) is 0.125. The van der Waals surface area contributed by atoms with E-state index in [1.54, 1.807) is 12.3 Å². The number of rotatable bonds is 2. The molecule has 0 unspecified atom stereocenters. The maximum atomic E-state index is 10.8. The molecule has 0 aliphatic rings. The van der Waals surface area contributed by atoms with Gasteiger partial charge in [-0.05, 0) is 6.08 Å². The van der Waals surface area contributed by atoms with Gasteiger partial charge in [0.15, 0.2) is 5.43 Å². The lowest BCUT2D eigenvalue weighted by Gasteiger charge is -1.89. The molecular formula is C8H9NOS. The standard InChI is InChI=1S/C8H9NOS/c10-8-3-4-9-7(6-8)2-1-5-11/h1-4,6,11H,5H2,(H,9,10). The van der Waals surface area contributed by atoms with Crippen LogP contribution in [0, 0.1) is 0 Å². The van der Waals surface area contributed by atoms with E-state index in [1.807, 2.05) is 12.2 Å². The highest BCUT2D eigenvalue weighted by atomic mass is 32.1. The second-order valence-corrected chi connectivity index (χ2v) is 2.43. The molecule has 0 saturated heterocycles. The molecule has 0 aromatic carbocycles. The van der Waals surface area contributed by atoms with Gasteiger partial charge in [0.25, 0.3) is 0 Å². The van der Waals surface area contributed by atoms with E-state index in [-0.39, 0.29) is 5.43 Å². The van der Waals surface area contributed by atoms with Crippen LogP contribution in [-0.2, 0) is 0 Å². The number of H-pyrrole nitrogens is 1. The van der Waals surface area contributed by atoms with Gasteiger partial charge in [0.05, 0.1) is 0 Å². The van der Waals surface area contributed by atoms with Crippen LogP contribution < -0.4 is 5.43 Å². The summed E-state index contributed by atoms with van der Waals surface area (Å²) in [4.78, 5) is 13.7. The largest absolute Gasteiger partial charge is 0.361 e. The third kappa shape index (κ3) is 2.63. The van der Waals surface area contributed by atoms with E-state index in [0.29, 0.717) is 5.75 Å². The molecule has 0 atom stereocenters. The Bertz CT molecular complexity index is 303. The zero-order valence-corrected chi connectivity index (χ0v) is 6.84. The molecule has 1 aromatic rings. The van der Waals surface area contributed by atoms with E-state index < -0.39 is 0 Å². The number of pyridine rings is 1. The smallest absolute Gasteiger partial charge is 0.182 e. The summed E-state index contributed by atoms with van der Waals surface area (Å²) in [5, 5.41) is 0. The van der Waals surface area contributed by atoms with Crippen LogP contribution in [0.3, 0.4) is 0 Å². The van der Waals surface area contributed by atoms with Crippen molar-refractivity contribution in [2.24, 2.45) is 0 Å². The molecule has 0 radical (unpaired) electrons. The molecular weight excluding hydrogens is 158 g/mol. The second kappa shape index (κ2) is 4.03. The lowest BCUT2D eigenvalue weighted by atomic mass is 10.3. The molecule has 11 heavy (non-hydrogen) atoms. The van der Waals surface area contributed by atoms with Crippen LogP contribution in [0.15, 0.2) is 29.2 Å². The molecule has 1 heterocycles. The number of aromatic nitrogens is 1. The second-order valence-electron chi connectivity index (χ2n) is 2.06. The molecule has 0 aliphatic carbocycles. The average molecular weight is 167 g/mol. The molecule has 3 heteroatoms. The van der Waals surface area contributed by atoms with Crippen LogP contribution in [0.1, 0.15) is 5.69 Å². The van der Waals surface area contributed by atoms with Gasteiger partial charge in [0, 0.05) is 29.8 Å². The van der Waals surface area contributed by atoms with Gasteiger partial charge < -0.3 is 4.98 Å². The zero-order valence-electron chi connectivity index (χ0n) is 5.95. The van der Waals surface area contributed by atoms with Gasteiger partial charge in [-0.25, -0.2) is 0 Å². The first kappa shape index (κ1) is 8.14. The van der Waals surface area contributed by atoms with Crippen LogP contribution in [0.4, 0.5) is 0 Å². The minimum absolute atomic E-state index is 0.0163. The fourth-order valence-corrected chi connectivity index (χ4v) is 0.844. The summed E-state index contributed by atoms with van der Waals surface area (Å²) in [7, 11) is 0. The number of hydrogen-bond acceptors (Lipinski definition) is 2. The summed E-state index contributed by atoms with van der Waals surface area (Å²) in [6.07, 6.45) is 5.32. The van der Waals surface area contributed by atoms with Gasteiger partial charge in [-0.15, -0.1) is 0 Å². The van der Waals surface area contributed by atoms with Crippen molar-refractivity contribution >= 4 is 18.7 Å². The Morgan fingerprint density at radius 1 is 1.64 bits per heavy atom. The lowest BCUT2D eigenvalue weighted by molar-refractivity contribution is 1.27. The molecule has 1 N–H and O–H groups in total. The SMILES string of the molecule is O=c1cc[nH]c(C=CCS)c1. The van der Waals surface area contributed by atoms with E-state index in [2.05, 4.69) is 17.6 Å². The van der Waals surface area contributed by atoms with Crippen LogP contribution >= 0.6 is 12.6 Å². The van der Waals surface area contributed by atoms with E-state index in [0.717, 1.165) is 5.69 Å². The average Bonchev–Trinajstić information content (AvgIpc) is 2.01. The molecule has 58 valence electrons. The molecule has 0 spiro atoms. The summed E-state index contributed by atoms with van der Waals surface area (Å²) in [6.45, 7) is 0. The lowest BCUT2D eigenvalue weighted by Crippen LogP contribution is -1.97. The van der Waals surface area contributed by atoms with E-state index in [9.17, 15) is 4.79 Å². The predicted molar refractivity (Wildman–Crippen MR) is 49.9 cm³/mol. The minimum atomic E-state index is 0.0163. The van der Waals surface area contributed by atoms with E-state index in [1.165, 1.54) is 6.07 Å². The van der Waals surface area contributed by atoms with Gasteiger partial charge >= 0.3 is 0 Å². The van der Waals surface area contributed by atoms with Gasteiger partial charge in [0.1, 0.15) is 0 Å². The number of aromatic amines is 1. The van der Waals surface area contributed by atoms with Crippen molar-refractivity contribution in [2.75, 3.05) is 5.75 Å². The highest BCUT2D eigenvalue weighted by Crippen LogP contribution is 1.92. The Hall–Kier alpha value is -0.960. The summed E-state index contributed by atoms with van der Waals surface area (Å²) >= 11 is 4.00. The van der Waals surface area contributed by atoms with Crippen LogP contribution in [0.25, 0.3) is 6.08 Å². The summed E-state index contributed by atoms with van der Waals surface area (Å²) < 4.78 is 0. The Kier molecular flexibility index (Phi) is 2.98. The molecule has 1 rings (SSSR count). The van der Waals surface area contributed by atoms with Crippen molar-refractivity contribution in [1.82, 2.24) is 4.98 Å². The third-order valence-corrected chi connectivity index (χ3v) is 1.41. The molecule has 2 nitrogen and oxygen atoms in total. The first-order valence-corrected chi connectivity index (χ1v) is 3.92. The molecule has 0 fully saturated rings. The summed E-state index contributed by atoms with van der Waals surface area (Å²) in [5.41, 5.74) is 0.828. The van der Waals surface area contributed by atoms with Gasteiger partial charge in [-0.2, -0.15) is 12.6 Å². The Morgan fingerprint density at radius 2 is 2.45 bits per heavy atom. The summed E-state index contributed by atoms with van der Waals surface area (Å²) in [5.74, 6) is 0.678. The Labute approximate surface area is 70.4 Å². The summed E-state index contributed by atoms with van der Waals surface area (Å²) in [6, 6.07) is 3.03. The minimum Gasteiger partial charge on any atom is -0.361 e. The fourth-order valence-electron chi connectivity index (χ4n) is 0.739. The molecule has 0 amide bonds. The van der Waals surface area contributed by atoms with Gasteiger partial charge in [-0.1, -0.05) is 6.08 Å². The number of thiol groups is 1. The molecule has 0 saturated carbocycles. The number of hydrogen-bond donors (Lipinski definition) is 2. The first-order chi connectivity index (χ1) is 5.33. The topological polar surface area (TPSA) is 32.9 Å². The molecule has 0 bridgehead atoms. The maximum Gasteiger partial charge on any atom is 0.182 e. The quantitative estimate of drug-likeness (QED) is 0.640. The van der Waals surface area contributed by atoms with Gasteiger partial charge in [-0.3, -0.25) is 4.79 Å². The highest BCUT2D eigenvalue weighted by molar-refractivity contribution is 7.80. The Morgan fingerprint density at radius 3 is 3.09 bits per heavy atom. The molecule has 0 aliphatic heterocycles. The van der Waals surface area contributed by atoms with Crippen molar-refractivity contribution < 1.29 is 0 Å². The van der Waals surface area contributed by atoms with E-state index in [4.69, 9.17) is 0 Å². The van der Waals surface area contributed by atoms with Crippen molar-refractivity contribution in [3.05, 3.63) is 40.3 Å².